The molecule has 0 aromatic heterocycles. The van der Waals surface area contributed by atoms with Crippen LogP contribution < -0.4 is 5.32 Å². The first kappa shape index (κ1) is 6.35. The van der Waals surface area contributed by atoms with Gasteiger partial charge >= 0.3 is 0 Å². The van der Waals surface area contributed by atoms with E-state index in [1.807, 2.05) is 6.42 Å². The quantitative estimate of drug-likeness (QED) is 0.529. The summed E-state index contributed by atoms with van der Waals surface area (Å²) in [5, 5.41) is 3.29. The Morgan fingerprint density at radius 1 is 1.40 bits per heavy atom. The van der Waals surface area contributed by atoms with Gasteiger partial charge in [0.1, 0.15) is 5.78 Å². The van der Waals surface area contributed by atoms with Crippen LogP contribution >= 0.6 is 0 Å². The molecule has 1 saturated heterocycles. The summed E-state index contributed by atoms with van der Waals surface area (Å²) in [6, 6.07) is 0. The molecule has 1 spiro atoms. The second-order valence-corrected chi connectivity index (χ2v) is 3.40. The van der Waals surface area contributed by atoms with Crippen LogP contribution in [0.3, 0.4) is 0 Å². The van der Waals surface area contributed by atoms with Crippen LogP contribution in [0.5, 0.6) is 0 Å². The van der Waals surface area contributed by atoms with Gasteiger partial charge in [-0.2, -0.15) is 0 Å². The van der Waals surface area contributed by atoms with Gasteiger partial charge < -0.3 is 5.32 Å². The van der Waals surface area contributed by atoms with Crippen molar-refractivity contribution in [3.8, 4) is 0 Å². The highest BCUT2D eigenvalue weighted by Crippen LogP contribution is 2.44. The van der Waals surface area contributed by atoms with Gasteiger partial charge in [0, 0.05) is 12.8 Å². The SMILES string of the molecule is O=C1[CH]C2(CCNCC2)C1. The zero-order chi connectivity index (χ0) is 7.03. The standard InChI is InChI=1S/C8H12NO/c10-7-5-8(6-7)1-3-9-4-2-8/h5,9H,1-4,6H2. The van der Waals surface area contributed by atoms with Gasteiger partial charge in [-0.05, 0) is 31.3 Å². The van der Waals surface area contributed by atoms with Crippen molar-refractivity contribution in [1.29, 1.82) is 0 Å². The summed E-state index contributed by atoms with van der Waals surface area (Å²) in [4.78, 5) is 10.7. The van der Waals surface area contributed by atoms with Crippen LogP contribution in [0.15, 0.2) is 0 Å². The summed E-state index contributed by atoms with van der Waals surface area (Å²) >= 11 is 0. The molecule has 1 heterocycles. The molecular formula is C8H12NO. The Hall–Kier alpha value is -0.370. The Morgan fingerprint density at radius 3 is 2.50 bits per heavy atom. The zero-order valence-corrected chi connectivity index (χ0v) is 6.02. The summed E-state index contributed by atoms with van der Waals surface area (Å²) < 4.78 is 0. The van der Waals surface area contributed by atoms with Crippen LogP contribution in [-0.2, 0) is 4.79 Å². The highest BCUT2D eigenvalue weighted by Gasteiger charge is 2.43. The Morgan fingerprint density at radius 2 is 2.00 bits per heavy atom. The third-order valence-corrected chi connectivity index (χ3v) is 2.59. The average molecular weight is 138 g/mol. The lowest BCUT2D eigenvalue weighted by atomic mass is 9.63. The van der Waals surface area contributed by atoms with Gasteiger partial charge in [0.2, 0.25) is 0 Å². The van der Waals surface area contributed by atoms with Crippen molar-refractivity contribution >= 4 is 5.78 Å². The van der Waals surface area contributed by atoms with Crippen LogP contribution in [0, 0.1) is 11.8 Å². The van der Waals surface area contributed by atoms with Gasteiger partial charge in [0.25, 0.3) is 0 Å². The van der Waals surface area contributed by atoms with Crippen molar-refractivity contribution in [2.45, 2.75) is 19.3 Å². The number of ketones is 1. The average Bonchev–Trinajstić information content (AvgIpc) is 1.87. The molecule has 2 heteroatoms. The van der Waals surface area contributed by atoms with Crippen LogP contribution in [0.2, 0.25) is 0 Å². The third-order valence-electron chi connectivity index (χ3n) is 2.59. The topological polar surface area (TPSA) is 29.1 Å². The van der Waals surface area contributed by atoms with E-state index in [9.17, 15) is 4.79 Å². The lowest BCUT2D eigenvalue weighted by Crippen LogP contribution is -2.46. The molecule has 1 N–H and O–H groups in total. The summed E-state index contributed by atoms with van der Waals surface area (Å²) in [5.74, 6) is 0.349. The summed E-state index contributed by atoms with van der Waals surface area (Å²) in [7, 11) is 0. The van der Waals surface area contributed by atoms with E-state index < -0.39 is 0 Å². The molecule has 2 aliphatic rings. The van der Waals surface area contributed by atoms with Gasteiger partial charge in [-0.25, -0.2) is 0 Å². The number of Topliss-reactive ketones (excluding diaryl/α,β-unsaturated/α-hetero) is 1. The van der Waals surface area contributed by atoms with E-state index in [1.165, 1.54) is 12.8 Å². The van der Waals surface area contributed by atoms with E-state index in [1.54, 1.807) is 0 Å². The first-order valence-electron chi connectivity index (χ1n) is 3.90. The van der Waals surface area contributed by atoms with Crippen molar-refractivity contribution in [3.63, 3.8) is 0 Å². The minimum Gasteiger partial charge on any atom is -0.317 e. The minimum atomic E-state index is 0.336. The van der Waals surface area contributed by atoms with Crippen LogP contribution in [-0.4, -0.2) is 18.9 Å². The van der Waals surface area contributed by atoms with E-state index in [4.69, 9.17) is 0 Å². The molecule has 0 aromatic carbocycles. The number of hydrogen-bond donors (Lipinski definition) is 1. The maximum atomic E-state index is 10.7. The normalized spacial score (nSPS) is 30.2. The van der Waals surface area contributed by atoms with E-state index in [0.29, 0.717) is 11.2 Å². The van der Waals surface area contributed by atoms with Crippen molar-refractivity contribution in [2.75, 3.05) is 13.1 Å². The lowest BCUT2D eigenvalue weighted by molar-refractivity contribution is -0.126. The number of piperidine rings is 1. The largest absolute Gasteiger partial charge is 0.317 e. The Balaban J connectivity index is 1.96. The molecule has 2 rings (SSSR count). The van der Waals surface area contributed by atoms with E-state index >= 15 is 0 Å². The van der Waals surface area contributed by atoms with Crippen molar-refractivity contribution in [3.05, 3.63) is 6.42 Å². The molecule has 1 aliphatic heterocycles. The molecule has 0 aromatic rings. The highest BCUT2D eigenvalue weighted by molar-refractivity contribution is 5.95. The van der Waals surface area contributed by atoms with E-state index in [-0.39, 0.29) is 0 Å². The fraction of sp³-hybridized carbons (Fsp3) is 0.750. The first-order chi connectivity index (χ1) is 4.81. The van der Waals surface area contributed by atoms with Crippen molar-refractivity contribution in [2.24, 2.45) is 5.41 Å². The number of nitrogens with one attached hydrogen (secondary N) is 1. The lowest BCUT2D eigenvalue weighted by Gasteiger charge is -2.43. The fourth-order valence-corrected chi connectivity index (χ4v) is 1.91. The predicted molar refractivity (Wildman–Crippen MR) is 38.5 cm³/mol. The molecule has 1 saturated carbocycles. The molecule has 0 atom stereocenters. The summed E-state index contributed by atoms with van der Waals surface area (Å²) in [6.07, 6.45) is 5.07. The summed E-state index contributed by atoms with van der Waals surface area (Å²) in [5.41, 5.74) is 0.336. The molecule has 0 amide bonds. The Kier molecular flexibility index (Phi) is 1.31. The molecule has 2 fully saturated rings. The van der Waals surface area contributed by atoms with E-state index in [0.717, 1.165) is 19.5 Å². The monoisotopic (exact) mass is 138 g/mol. The molecule has 10 heavy (non-hydrogen) atoms. The molecule has 1 radical (unpaired) electrons. The maximum absolute atomic E-state index is 10.7. The molecule has 0 bridgehead atoms. The molecular weight excluding hydrogens is 126 g/mol. The number of hydrogen-bond acceptors (Lipinski definition) is 2. The van der Waals surface area contributed by atoms with Gasteiger partial charge in [0.15, 0.2) is 0 Å². The number of carbonyl (C=O) groups excluding carboxylic acids is 1. The second-order valence-electron chi connectivity index (χ2n) is 3.40. The van der Waals surface area contributed by atoms with Gasteiger partial charge in [0.05, 0.1) is 0 Å². The van der Waals surface area contributed by atoms with E-state index in [2.05, 4.69) is 5.32 Å². The van der Waals surface area contributed by atoms with Crippen LogP contribution in [0.4, 0.5) is 0 Å². The predicted octanol–water partition coefficient (Wildman–Crippen LogP) is 0.533. The smallest absolute Gasteiger partial charge is 0.137 e. The number of carbonyl (C=O) groups is 1. The second kappa shape index (κ2) is 2.06. The molecule has 1 aliphatic carbocycles. The maximum Gasteiger partial charge on any atom is 0.137 e. The third kappa shape index (κ3) is 0.870. The highest BCUT2D eigenvalue weighted by atomic mass is 16.1. The first-order valence-corrected chi connectivity index (χ1v) is 3.90. The molecule has 0 unspecified atom stereocenters. The molecule has 2 nitrogen and oxygen atoms in total. The van der Waals surface area contributed by atoms with Gasteiger partial charge in [-0.3, -0.25) is 4.79 Å². The Bertz CT molecular complexity index is 149. The van der Waals surface area contributed by atoms with Gasteiger partial charge in [-0.15, -0.1) is 0 Å². The number of rotatable bonds is 0. The van der Waals surface area contributed by atoms with Crippen molar-refractivity contribution in [1.82, 2.24) is 5.32 Å². The Labute approximate surface area is 61.0 Å². The van der Waals surface area contributed by atoms with Crippen LogP contribution in [0.25, 0.3) is 0 Å². The van der Waals surface area contributed by atoms with Crippen LogP contribution in [0.1, 0.15) is 19.3 Å². The minimum absolute atomic E-state index is 0.336. The summed E-state index contributed by atoms with van der Waals surface area (Å²) in [6.45, 7) is 2.17. The zero-order valence-electron chi connectivity index (χ0n) is 6.02. The fourth-order valence-electron chi connectivity index (χ4n) is 1.91. The van der Waals surface area contributed by atoms with Gasteiger partial charge in [-0.1, -0.05) is 0 Å². The molecule has 55 valence electrons. The van der Waals surface area contributed by atoms with Crippen molar-refractivity contribution < 1.29 is 4.79 Å².